The number of H-pyrrole nitrogens is 2. The Hall–Kier alpha value is -3.02. The molecule has 0 saturated carbocycles. The minimum Gasteiger partial charge on any atom is -0.374 e. The van der Waals surface area contributed by atoms with Crippen molar-refractivity contribution in [1.29, 1.82) is 0 Å². The van der Waals surface area contributed by atoms with Crippen LogP contribution in [-0.2, 0) is 23.1 Å². The molecule has 0 atom stereocenters. The molecule has 172 valence electrons. The van der Waals surface area contributed by atoms with Gasteiger partial charge in [0.2, 0.25) is 5.91 Å². The molecule has 2 N–H and O–H groups in total. The van der Waals surface area contributed by atoms with Gasteiger partial charge in [0.05, 0.1) is 17.7 Å². The first-order valence-corrected chi connectivity index (χ1v) is 12.5. The second kappa shape index (κ2) is 7.51. The molecule has 6 nitrogen and oxygen atoms in total. The third-order valence-electron chi connectivity index (χ3n) is 8.41. The summed E-state index contributed by atoms with van der Waals surface area (Å²) in [6, 6.07) is 4.54. The van der Waals surface area contributed by atoms with Crippen LogP contribution in [0.2, 0.25) is 0 Å². The molecule has 1 aromatic carbocycles. The third-order valence-corrected chi connectivity index (χ3v) is 8.41. The van der Waals surface area contributed by atoms with E-state index in [0.29, 0.717) is 6.54 Å². The van der Waals surface area contributed by atoms with E-state index in [1.165, 1.54) is 29.4 Å². The van der Waals surface area contributed by atoms with Gasteiger partial charge in [-0.05, 0) is 73.8 Å². The number of nitrogens with one attached hydrogen (secondary N) is 2. The zero-order valence-electron chi connectivity index (χ0n) is 19.8. The van der Waals surface area contributed by atoms with Crippen LogP contribution in [0.15, 0.2) is 30.6 Å². The van der Waals surface area contributed by atoms with Gasteiger partial charge >= 0.3 is 0 Å². The molecule has 0 spiro atoms. The Kier molecular flexibility index (Phi) is 4.68. The number of aryl methyl sites for hydroxylation is 2. The first-order valence-electron chi connectivity index (χ1n) is 12.5. The first kappa shape index (κ1) is 20.6. The van der Waals surface area contributed by atoms with Gasteiger partial charge in [0, 0.05) is 41.6 Å². The molecule has 1 amide bonds. The van der Waals surface area contributed by atoms with E-state index < -0.39 is 5.41 Å². The molecular formula is C27H33N5O. The number of hydrogen-bond donors (Lipinski definition) is 2. The Balaban J connectivity index is 1.51. The number of fused-ring (bicyclic) bond motifs is 6. The summed E-state index contributed by atoms with van der Waals surface area (Å²) < 4.78 is 0. The number of rotatable bonds is 5. The molecule has 3 aliphatic rings. The summed E-state index contributed by atoms with van der Waals surface area (Å²) in [5.41, 5.74) is 8.75. The van der Waals surface area contributed by atoms with Crippen molar-refractivity contribution in [3.8, 4) is 11.4 Å². The van der Waals surface area contributed by atoms with E-state index in [-0.39, 0.29) is 5.91 Å². The van der Waals surface area contributed by atoms with Crippen LogP contribution in [0.3, 0.4) is 0 Å². The average Bonchev–Trinajstić information content (AvgIpc) is 3.59. The molecule has 2 aliphatic heterocycles. The standard InChI is InChI=1S/C27H33N5O/c1-4-27(5-2)21-14-22-20(19-10-8-9-18-15-28-30-24(18)25(19)29-22)13-23(21)32(26(27)33)16-17(3)31-11-6-7-12-31/h13-15,29H,3-12,16H2,1-2H3,(H,28,30). The lowest BCUT2D eigenvalue weighted by Crippen LogP contribution is -2.41. The van der Waals surface area contributed by atoms with Crippen molar-refractivity contribution in [3.05, 3.63) is 47.3 Å². The predicted molar refractivity (Wildman–Crippen MR) is 132 cm³/mol. The summed E-state index contributed by atoms with van der Waals surface area (Å²) in [5.74, 6) is 0.233. The number of carbonyl (C=O) groups is 1. The van der Waals surface area contributed by atoms with Crippen molar-refractivity contribution >= 4 is 22.5 Å². The molecule has 3 aromatic rings. The molecule has 0 unspecified atom stereocenters. The molecule has 6 heteroatoms. The fourth-order valence-electron chi connectivity index (χ4n) is 6.42. The molecule has 4 heterocycles. The third kappa shape index (κ3) is 2.85. The van der Waals surface area contributed by atoms with Gasteiger partial charge in [-0.15, -0.1) is 0 Å². The number of carbonyl (C=O) groups excluding carboxylic acids is 1. The van der Waals surface area contributed by atoms with E-state index in [1.807, 2.05) is 11.1 Å². The fraction of sp³-hybridized carbons (Fsp3) is 0.481. The number of anilines is 1. The topological polar surface area (TPSA) is 68.0 Å². The van der Waals surface area contributed by atoms with Crippen LogP contribution in [0.4, 0.5) is 5.69 Å². The van der Waals surface area contributed by atoms with Crippen molar-refractivity contribution in [3.63, 3.8) is 0 Å². The summed E-state index contributed by atoms with van der Waals surface area (Å²) in [6.07, 6.45) is 9.22. The lowest BCUT2D eigenvalue weighted by atomic mass is 9.76. The van der Waals surface area contributed by atoms with E-state index in [2.05, 4.69) is 52.6 Å². The highest BCUT2D eigenvalue weighted by atomic mass is 16.2. The largest absolute Gasteiger partial charge is 0.374 e. The summed E-state index contributed by atoms with van der Waals surface area (Å²) in [7, 11) is 0. The van der Waals surface area contributed by atoms with E-state index >= 15 is 0 Å². The molecular weight excluding hydrogens is 410 g/mol. The lowest BCUT2D eigenvalue weighted by Gasteiger charge is -2.28. The second-order valence-corrected chi connectivity index (χ2v) is 9.95. The Morgan fingerprint density at radius 3 is 2.70 bits per heavy atom. The van der Waals surface area contributed by atoms with Crippen molar-refractivity contribution in [2.24, 2.45) is 0 Å². The highest BCUT2D eigenvalue weighted by Gasteiger charge is 2.49. The van der Waals surface area contributed by atoms with E-state index in [0.717, 1.165) is 79.0 Å². The summed E-state index contributed by atoms with van der Waals surface area (Å²) in [5, 5.41) is 8.85. The van der Waals surface area contributed by atoms with Crippen LogP contribution in [0.25, 0.3) is 22.3 Å². The zero-order valence-corrected chi connectivity index (χ0v) is 19.8. The Labute approximate surface area is 195 Å². The Bertz CT molecular complexity index is 1260. The molecule has 1 fully saturated rings. The SMILES string of the molecule is C=C(CN1C(=O)C(CC)(CC)c2cc3[nH]c4c(c3cc21)CCCc1c[nH]nc1-4)N1CCCC1. The summed E-state index contributed by atoms with van der Waals surface area (Å²) in [4.78, 5) is 22.0. The van der Waals surface area contributed by atoms with Crippen LogP contribution < -0.4 is 4.90 Å². The van der Waals surface area contributed by atoms with Crippen LogP contribution in [-0.4, -0.2) is 45.6 Å². The van der Waals surface area contributed by atoms with E-state index in [4.69, 9.17) is 0 Å². The number of hydrogen-bond acceptors (Lipinski definition) is 3. The summed E-state index contributed by atoms with van der Waals surface area (Å²) in [6.45, 7) is 11.4. The van der Waals surface area contributed by atoms with Gasteiger partial charge in [0.25, 0.3) is 0 Å². The lowest BCUT2D eigenvalue weighted by molar-refractivity contribution is -0.123. The van der Waals surface area contributed by atoms with Gasteiger partial charge in [-0.3, -0.25) is 9.89 Å². The monoisotopic (exact) mass is 443 g/mol. The maximum atomic E-state index is 13.9. The quantitative estimate of drug-likeness (QED) is 0.579. The van der Waals surface area contributed by atoms with E-state index in [1.54, 1.807) is 0 Å². The van der Waals surface area contributed by atoms with Gasteiger partial charge in [-0.2, -0.15) is 5.10 Å². The maximum absolute atomic E-state index is 13.9. The number of nitrogens with zero attached hydrogens (tertiary/aromatic N) is 3. The fourth-order valence-corrected chi connectivity index (χ4v) is 6.42. The number of benzene rings is 1. The minimum atomic E-state index is -0.463. The number of amides is 1. The molecule has 2 aromatic heterocycles. The maximum Gasteiger partial charge on any atom is 0.238 e. The highest BCUT2D eigenvalue weighted by Crippen LogP contribution is 2.49. The van der Waals surface area contributed by atoms with Gasteiger partial charge in [0.1, 0.15) is 5.69 Å². The molecule has 6 rings (SSSR count). The molecule has 33 heavy (non-hydrogen) atoms. The zero-order chi connectivity index (χ0) is 22.7. The van der Waals surface area contributed by atoms with E-state index in [9.17, 15) is 4.79 Å². The van der Waals surface area contributed by atoms with Crippen LogP contribution in [0, 0.1) is 0 Å². The van der Waals surface area contributed by atoms with Crippen molar-refractivity contribution < 1.29 is 4.79 Å². The molecule has 0 radical (unpaired) electrons. The van der Waals surface area contributed by atoms with Gasteiger partial charge < -0.3 is 14.8 Å². The smallest absolute Gasteiger partial charge is 0.238 e. The highest BCUT2D eigenvalue weighted by molar-refractivity contribution is 6.11. The van der Waals surface area contributed by atoms with Gasteiger partial charge in [-0.1, -0.05) is 20.4 Å². The molecule has 1 aliphatic carbocycles. The van der Waals surface area contributed by atoms with Crippen LogP contribution in [0.5, 0.6) is 0 Å². The Morgan fingerprint density at radius 1 is 1.15 bits per heavy atom. The number of aromatic nitrogens is 3. The first-order chi connectivity index (χ1) is 16.1. The van der Waals surface area contributed by atoms with Gasteiger partial charge in [-0.25, -0.2) is 0 Å². The molecule has 0 bridgehead atoms. The van der Waals surface area contributed by atoms with Crippen molar-refractivity contribution in [1.82, 2.24) is 20.1 Å². The van der Waals surface area contributed by atoms with Crippen LogP contribution >= 0.6 is 0 Å². The Morgan fingerprint density at radius 2 is 1.94 bits per heavy atom. The van der Waals surface area contributed by atoms with Gasteiger partial charge in [0.15, 0.2) is 0 Å². The molecule has 1 saturated heterocycles. The second-order valence-electron chi connectivity index (χ2n) is 9.95. The van der Waals surface area contributed by atoms with Crippen LogP contribution in [0.1, 0.15) is 62.6 Å². The minimum absolute atomic E-state index is 0.233. The number of aromatic amines is 2. The number of likely N-dealkylation sites (tertiary alicyclic amines) is 1. The predicted octanol–water partition coefficient (Wildman–Crippen LogP) is 5.06. The summed E-state index contributed by atoms with van der Waals surface area (Å²) >= 11 is 0. The normalized spacial score (nSPS) is 19.0. The van der Waals surface area contributed by atoms with Crippen molar-refractivity contribution in [2.45, 2.75) is 64.2 Å². The average molecular weight is 444 g/mol. The van der Waals surface area contributed by atoms with Crippen molar-refractivity contribution in [2.75, 3.05) is 24.5 Å².